The minimum Gasteiger partial charge on any atom is -0.296 e. The van der Waals surface area contributed by atoms with Gasteiger partial charge in [0.05, 0.1) is 0 Å². The van der Waals surface area contributed by atoms with Crippen LogP contribution in [-0.4, -0.2) is 15.9 Å². The summed E-state index contributed by atoms with van der Waals surface area (Å²) >= 11 is 1.37. The summed E-state index contributed by atoms with van der Waals surface area (Å²) < 4.78 is 13.3. The van der Waals surface area contributed by atoms with Crippen LogP contribution in [0.5, 0.6) is 0 Å². The zero-order valence-corrected chi connectivity index (χ0v) is 14.5. The first-order chi connectivity index (χ1) is 12.7. The van der Waals surface area contributed by atoms with Gasteiger partial charge in [-0.3, -0.25) is 15.1 Å². The van der Waals surface area contributed by atoms with Crippen LogP contribution in [0.4, 0.5) is 9.52 Å². The maximum absolute atomic E-state index is 13.3. The van der Waals surface area contributed by atoms with Crippen molar-refractivity contribution in [2.45, 2.75) is 6.42 Å². The van der Waals surface area contributed by atoms with Crippen molar-refractivity contribution < 1.29 is 9.18 Å². The first kappa shape index (κ1) is 16.4. The van der Waals surface area contributed by atoms with Crippen molar-refractivity contribution in [3.05, 3.63) is 88.9 Å². The molecular formula is C20H14FN3OS. The molecule has 4 rings (SSSR count). The second-order valence-corrected chi connectivity index (χ2v) is 6.89. The molecule has 0 saturated heterocycles. The van der Waals surface area contributed by atoms with Gasteiger partial charge in [-0.15, -0.1) is 11.3 Å². The van der Waals surface area contributed by atoms with Gasteiger partial charge in [-0.2, -0.15) is 0 Å². The van der Waals surface area contributed by atoms with Crippen LogP contribution in [0.3, 0.4) is 0 Å². The van der Waals surface area contributed by atoms with Gasteiger partial charge in [0.1, 0.15) is 11.5 Å². The summed E-state index contributed by atoms with van der Waals surface area (Å²) in [5.74, 6) is -0.559. The van der Waals surface area contributed by atoms with E-state index in [1.807, 2.05) is 36.4 Å². The first-order valence-electron chi connectivity index (χ1n) is 8.03. The lowest BCUT2D eigenvalue weighted by molar-refractivity contribution is 0.102. The number of amides is 1. The average molecular weight is 363 g/mol. The number of halogens is 1. The number of anilines is 1. The monoisotopic (exact) mass is 363 g/mol. The molecule has 0 aliphatic rings. The molecule has 4 aromatic rings. The molecule has 0 aliphatic carbocycles. The number of carbonyl (C=O) groups is 1. The molecule has 6 heteroatoms. The zero-order chi connectivity index (χ0) is 17.9. The molecule has 0 spiro atoms. The summed E-state index contributed by atoms with van der Waals surface area (Å²) in [6.45, 7) is 0. The third-order valence-electron chi connectivity index (χ3n) is 3.93. The number of hydrogen-bond acceptors (Lipinski definition) is 4. The molecule has 0 saturated carbocycles. The average Bonchev–Trinajstić information content (AvgIpc) is 3.08. The highest BCUT2D eigenvalue weighted by Gasteiger charge is 2.13. The van der Waals surface area contributed by atoms with Crippen molar-refractivity contribution in [1.82, 2.24) is 9.97 Å². The van der Waals surface area contributed by atoms with Crippen molar-refractivity contribution in [2.75, 3.05) is 5.32 Å². The molecule has 2 aromatic carbocycles. The number of benzene rings is 2. The van der Waals surface area contributed by atoms with Crippen LogP contribution in [0.2, 0.25) is 0 Å². The van der Waals surface area contributed by atoms with Crippen LogP contribution in [0.1, 0.15) is 20.9 Å². The fraction of sp³-hybridized carbons (Fsp3) is 0.0500. The standard InChI is InChI=1S/C20H14FN3OS/c21-15-6-3-4-13(10-15)11-16-12-23-20(26-16)24-19(25)18-17-7-2-1-5-14(17)8-9-22-18/h1-10,12H,11H2,(H,23,24,25). The van der Waals surface area contributed by atoms with Crippen molar-refractivity contribution >= 4 is 33.1 Å². The van der Waals surface area contributed by atoms with Gasteiger partial charge < -0.3 is 0 Å². The van der Waals surface area contributed by atoms with E-state index in [0.29, 0.717) is 17.2 Å². The predicted octanol–water partition coefficient (Wildman–Crippen LogP) is 4.67. The van der Waals surface area contributed by atoms with E-state index >= 15 is 0 Å². The van der Waals surface area contributed by atoms with Crippen LogP contribution >= 0.6 is 11.3 Å². The van der Waals surface area contributed by atoms with E-state index < -0.39 is 0 Å². The third kappa shape index (κ3) is 3.45. The summed E-state index contributed by atoms with van der Waals surface area (Å²) in [7, 11) is 0. The minimum absolute atomic E-state index is 0.262. The van der Waals surface area contributed by atoms with Crippen molar-refractivity contribution in [3.63, 3.8) is 0 Å². The van der Waals surface area contributed by atoms with Crippen LogP contribution in [-0.2, 0) is 6.42 Å². The van der Waals surface area contributed by atoms with Gasteiger partial charge >= 0.3 is 0 Å². The Bertz CT molecular complexity index is 1090. The fourth-order valence-corrected chi connectivity index (χ4v) is 3.59. The Morgan fingerprint density at radius 2 is 1.96 bits per heavy atom. The lowest BCUT2D eigenvalue weighted by Gasteiger charge is -2.04. The fourth-order valence-electron chi connectivity index (χ4n) is 2.75. The number of rotatable bonds is 4. The largest absolute Gasteiger partial charge is 0.296 e. The second-order valence-electron chi connectivity index (χ2n) is 5.77. The molecule has 1 amide bonds. The van der Waals surface area contributed by atoms with E-state index in [-0.39, 0.29) is 11.7 Å². The molecule has 0 atom stereocenters. The van der Waals surface area contributed by atoms with Crippen LogP contribution in [0.15, 0.2) is 67.0 Å². The molecule has 26 heavy (non-hydrogen) atoms. The van der Waals surface area contributed by atoms with Gasteiger partial charge in [0.2, 0.25) is 0 Å². The summed E-state index contributed by atoms with van der Waals surface area (Å²) in [6.07, 6.45) is 3.88. The highest BCUT2D eigenvalue weighted by Crippen LogP contribution is 2.23. The Labute approximate surface area is 153 Å². The Hall–Kier alpha value is -3.12. The summed E-state index contributed by atoms with van der Waals surface area (Å²) in [5.41, 5.74) is 1.23. The topological polar surface area (TPSA) is 54.9 Å². The van der Waals surface area contributed by atoms with E-state index in [4.69, 9.17) is 0 Å². The molecule has 0 fully saturated rings. The minimum atomic E-state index is -0.298. The van der Waals surface area contributed by atoms with E-state index in [9.17, 15) is 9.18 Å². The Balaban J connectivity index is 1.52. The second kappa shape index (κ2) is 7.01. The van der Waals surface area contributed by atoms with Gasteiger partial charge in [0.15, 0.2) is 5.13 Å². The number of hydrogen-bond donors (Lipinski definition) is 1. The smallest absolute Gasteiger partial charge is 0.276 e. The zero-order valence-electron chi connectivity index (χ0n) is 13.6. The van der Waals surface area contributed by atoms with Gasteiger partial charge in [0, 0.05) is 29.1 Å². The third-order valence-corrected chi connectivity index (χ3v) is 4.84. The number of fused-ring (bicyclic) bond motifs is 1. The maximum Gasteiger partial charge on any atom is 0.276 e. The molecule has 4 nitrogen and oxygen atoms in total. The van der Waals surface area contributed by atoms with Gasteiger partial charge in [-0.1, -0.05) is 36.4 Å². The van der Waals surface area contributed by atoms with E-state index in [2.05, 4.69) is 15.3 Å². The first-order valence-corrected chi connectivity index (χ1v) is 8.85. The molecule has 128 valence electrons. The molecule has 1 N–H and O–H groups in total. The molecule has 0 bridgehead atoms. The molecule has 2 heterocycles. The summed E-state index contributed by atoms with van der Waals surface area (Å²) in [5, 5.41) is 5.05. The van der Waals surface area contributed by atoms with Gasteiger partial charge in [-0.05, 0) is 29.1 Å². The molecule has 2 aromatic heterocycles. The van der Waals surface area contributed by atoms with Crippen LogP contribution in [0, 0.1) is 5.82 Å². The van der Waals surface area contributed by atoms with E-state index in [0.717, 1.165) is 21.2 Å². The van der Waals surface area contributed by atoms with Crippen molar-refractivity contribution in [2.24, 2.45) is 0 Å². The van der Waals surface area contributed by atoms with Crippen LogP contribution in [0.25, 0.3) is 10.8 Å². The summed E-state index contributed by atoms with van der Waals surface area (Å²) in [6, 6.07) is 15.9. The Kier molecular flexibility index (Phi) is 4.41. The van der Waals surface area contributed by atoms with Gasteiger partial charge in [-0.25, -0.2) is 9.37 Å². The Morgan fingerprint density at radius 3 is 2.85 bits per heavy atom. The van der Waals surface area contributed by atoms with Gasteiger partial charge in [0.25, 0.3) is 5.91 Å². The highest BCUT2D eigenvalue weighted by molar-refractivity contribution is 7.15. The van der Waals surface area contributed by atoms with E-state index in [1.165, 1.54) is 23.5 Å². The maximum atomic E-state index is 13.3. The molecule has 0 aliphatic heterocycles. The highest BCUT2D eigenvalue weighted by atomic mass is 32.1. The number of aromatic nitrogens is 2. The lowest BCUT2D eigenvalue weighted by atomic mass is 10.1. The normalized spacial score (nSPS) is 10.8. The Morgan fingerprint density at radius 1 is 1.08 bits per heavy atom. The number of thiazole rings is 1. The van der Waals surface area contributed by atoms with Crippen molar-refractivity contribution in [1.29, 1.82) is 0 Å². The number of nitrogens with one attached hydrogen (secondary N) is 1. The molecular weight excluding hydrogens is 349 g/mol. The van der Waals surface area contributed by atoms with Crippen LogP contribution < -0.4 is 5.32 Å². The quantitative estimate of drug-likeness (QED) is 0.573. The number of carbonyl (C=O) groups excluding carboxylic acids is 1. The molecule has 0 radical (unpaired) electrons. The van der Waals surface area contributed by atoms with E-state index in [1.54, 1.807) is 18.5 Å². The molecule has 0 unspecified atom stereocenters. The lowest BCUT2D eigenvalue weighted by Crippen LogP contribution is -2.13. The number of nitrogens with zero attached hydrogens (tertiary/aromatic N) is 2. The SMILES string of the molecule is O=C(Nc1ncc(Cc2cccc(F)c2)s1)c1nccc2ccccc12. The number of pyridine rings is 1. The predicted molar refractivity (Wildman–Crippen MR) is 101 cm³/mol. The summed E-state index contributed by atoms with van der Waals surface area (Å²) in [4.78, 5) is 22.0. The van der Waals surface area contributed by atoms with Crippen molar-refractivity contribution in [3.8, 4) is 0 Å².